The van der Waals surface area contributed by atoms with Gasteiger partial charge in [-0.3, -0.25) is 4.79 Å². The fraction of sp³-hybridized carbons (Fsp3) is 0.235. The number of amides is 1. The van der Waals surface area contributed by atoms with E-state index < -0.39 is 0 Å². The zero-order chi connectivity index (χ0) is 15.2. The van der Waals surface area contributed by atoms with Crippen LogP contribution in [0.25, 0.3) is 0 Å². The van der Waals surface area contributed by atoms with E-state index in [4.69, 9.17) is 5.11 Å². The van der Waals surface area contributed by atoms with Crippen molar-refractivity contribution in [2.24, 2.45) is 0 Å². The lowest BCUT2D eigenvalue weighted by atomic mass is 10.2. The molecule has 0 unspecified atom stereocenters. The van der Waals surface area contributed by atoms with Gasteiger partial charge in [0.15, 0.2) is 0 Å². The second-order valence-electron chi connectivity index (χ2n) is 4.64. The summed E-state index contributed by atoms with van der Waals surface area (Å²) in [6, 6.07) is 11.5. The Hall–Kier alpha value is -2.09. The smallest absolute Gasteiger partial charge is 0.268 e. The van der Waals surface area contributed by atoms with Crippen molar-refractivity contribution >= 4 is 22.9 Å². The molecule has 1 amide bonds. The average Bonchev–Trinajstić information content (AvgIpc) is 2.95. The number of anilines is 1. The fourth-order valence-electron chi connectivity index (χ4n) is 1.84. The summed E-state index contributed by atoms with van der Waals surface area (Å²) < 4.78 is 0. The SMILES string of the molecule is Cc1cccc(N(C)C(=O)c2ccc(C#CCCO)s2)c1. The van der Waals surface area contributed by atoms with Crippen molar-refractivity contribution in [1.29, 1.82) is 0 Å². The van der Waals surface area contributed by atoms with Crippen molar-refractivity contribution in [3.8, 4) is 11.8 Å². The van der Waals surface area contributed by atoms with Crippen LogP contribution >= 0.6 is 11.3 Å². The highest BCUT2D eigenvalue weighted by Crippen LogP contribution is 2.21. The molecule has 1 aromatic carbocycles. The maximum absolute atomic E-state index is 12.4. The average molecular weight is 299 g/mol. The molecule has 0 spiro atoms. The number of hydrogen-bond acceptors (Lipinski definition) is 3. The molecule has 108 valence electrons. The first-order chi connectivity index (χ1) is 10.1. The van der Waals surface area contributed by atoms with Gasteiger partial charge in [0, 0.05) is 19.2 Å². The molecule has 0 aliphatic carbocycles. The molecule has 0 bridgehead atoms. The molecule has 0 saturated heterocycles. The minimum absolute atomic E-state index is 0.0409. The highest BCUT2D eigenvalue weighted by Gasteiger charge is 2.15. The van der Waals surface area contributed by atoms with Crippen molar-refractivity contribution in [2.45, 2.75) is 13.3 Å². The lowest BCUT2D eigenvalue weighted by Crippen LogP contribution is -2.25. The van der Waals surface area contributed by atoms with Gasteiger partial charge in [-0.1, -0.05) is 24.0 Å². The van der Waals surface area contributed by atoms with Crippen LogP contribution in [0.15, 0.2) is 36.4 Å². The number of aryl methyl sites for hydroxylation is 1. The topological polar surface area (TPSA) is 40.5 Å². The number of carbonyl (C=O) groups is 1. The Morgan fingerprint density at radius 1 is 1.33 bits per heavy atom. The van der Waals surface area contributed by atoms with Crippen molar-refractivity contribution < 1.29 is 9.90 Å². The number of rotatable bonds is 3. The zero-order valence-electron chi connectivity index (χ0n) is 12.1. The molecular weight excluding hydrogens is 282 g/mol. The maximum atomic E-state index is 12.4. The minimum Gasteiger partial charge on any atom is -0.395 e. The molecule has 0 atom stereocenters. The Bertz CT molecular complexity index is 694. The van der Waals surface area contributed by atoms with Gasteiger partial charge in [0.25, 0.3) is 5.91 Å². The van der Waals surface area contributed by atoms with Gasteiger partial charge in [-0.05, 0) is 36.8 Å². The van der Waals surface area contributed by atoms with E-state index >= 15 is 0 Å². The van der Waals surface area contributed by atoms with Gasteiger partial charge < -0.3 is 10.0 Å². The second-order valence-corrected chi connectivity index (χ2v) is 5.73. The first kappa shape index (κ1) is 15.3. The van der Waals surface area contributed by atoms with E-state index in [0.29, 0.717) is 11.3 Å². The van der Waals surface area contributed by atoms with Crippen LogP contribution in [0.5, 0.6) is 0 Å². The summed E-state index contributed by atoms with van der Waals surface area (Å²) >= 11 is 1.37. The lowest BCUT2D eigenvalue weighted by molar-refractivity contribution is 0.0997. The van der Waals surface area contributed by atoms with Gasteiger partial charge in [-0.15, -0.1) is 11.3 Å². The van der Waals surface area contributed by atoms with Crippen LogP contribution in [0, 0.1) is 18.8 Å². The first-order valence-corrected chi connectivity index (χ1v) is 7.48. The second kappa shape index (κ2) is 7.07. The summed E-state index contributed by atoms with van der Waals surface area (Å²) in [5.41, 5.74) is 2.00. The van der Waals surface area contributed by atoms with Crippen LogP contribution < -0.4 is 4.90 Å². The van der Waals surface area contributed by atoms with Crippen LogP contribution in [0.4, 0.5) is 5.69 Å². The third-order valence-electron chi connectivity index (χ3n) is 2.96. The van der Waals surface area contributed by atoms with E-state index in [1.54, 1.807) is 18.0 Å². The van der Waals surface area contributed by atoms with Crippen LogP contribution in [0.2, 0.25) is 0 Å². The van der Waals surface area contributed by atoms with Crippen LogP contribution in [-0.2, 0) is 0 Å². The lowest BCUT2D eigenvalue weighted by Gasteiger charge is -2.16. The van der Waals surface area contributed by atoms with E-state index in [-0.39, 0.29) is 12.5 Å². The fourth-order valence-corrected chi connectivity index (χ4v) is 2.70. The number of nitrogens with zero attached hydrogens (tertiary/aromatic N) is 1. The molecular formula is C17H17NO2S. The van der Waals surface area contributed by atoms with Crippen molar-refractivity contribution in [1.82, 2.24) is 0 Å². The molecule has 1 heterocycles. The van der Waals surface area contributed by atoms with Crippen molar-refractivity contribution in [2.75, 3.05) is 18.6 Å². The Labute approximate surface area is 128 Å². The summed E-state index contributed by atoms with van der Waals surface area (Å²) in [6.45, 7) is 2.06. The van der Waals surface area contributed by atoms with Crippen LogP contribution in [0.1, 0.15) is 26.5 Å². The predicted octanol–water partition coefficient (Wildman–Crippen LogP) is 3.07. The van der Waals surface area contributed by atoms with E-state index in [9.17, 15) is 4.79 Å². The van der Waals surface area contributed by atoms with Crippen LogP contribution in [0.3, 0.4) is 0 Å². The summed E-state index contributed by atoms with van der Waals surface area (Å²) in [7, 11) is 1.77. The number of aliphatic hydroxyl groups is 1. The van der Waals surface area contributed by atoms with Gasteiger partial charge in [0.1, 0.15) is 0 Å². The van der Waals surface area contributed by atoms with Gasteiger partial charge in [-0.2, -0.15) is 0 Å². The number of benzene rings is 1. The summed E-state index contributed by atoms with van der Waals surface area (Å²) in [4.78, 5) is 15.6. The number of aliphatic hydroxyl groups excluding tert-OH is 1. The van der Waals surface area contributed by atoms with Gasteiger partial charge in [0.05, 0.1) is 16.4 Å². The number of carbonyl (C=O) groups excluding carboxylic acids is 1. The summed E-state index contributed by atoms with van der Waals surface area (Å²) in [5, 5.41) is 8.70. The Morgan fingerprint density at radius 2 is 2.14 bits per heavy atom. The number of thiophene rings is 1. The van der Waals surface area contributed by atoms with Gasteiger partial charge in [0.2, 0.25) is 0 Å². The largest absolute Gasteiger partial charge is 0.395 e. The molecule has 21 heavy (non-hydrogen) atoms. The molecule has 0 saturated carbocycles. The third-order valence-corrected chi connectivity index (χ3v) is 3.95. The molecule has 4 heteroatoms. The quantitative estimate of drug-likeness (QED) is 0.885. The zero-order valence-corrected chi connectivity index (χ0v) is 12.9. The minimum atomic E-state index is -0.0409. The molecule has 2 rings (SSSR count). The first-order valence-electron chi connectivity index (χ1n) is 6.66. The summed E-state index contributed by atoms with van der Waals surface area (Å²) in [5.74, 6) is 5.76. The monoisotopic (exact) mass is 299 g/mol. The van der Waals surface area contributed by atoms with Gasteiger partial charge in [-0.25, -0.2) is 0 Å². The normalized spacial score (nSPS) is 9.86. The van der Waals surface area contributed by atoms with Crippen molar-refractivity contribution in [3.05, 3.63) is 51.7 Å². The maximum Gasteiger partial charge on any atom is 0.268 e. The van der Waals surface area contributed by atoms with Crippen LogP contribution in [-0.4, -0.2) is 24.7 Å². The van der Waals surface area contributed by atoms with E-state index in [2.05, 4.69) is 11.8 Å². The molecule has 3 nitrogen and oxygen atoms in total. The van der Waals surface area contributed by atoms with E-state index in [1.807, 2.05) is 37.3 Å². The Balaban J connectivity index is 2.15. The van der Waals surface area contributed by atoms with E-state index in [1.165, 1.54) is 11.3 Å². The van der Waals surface area contributed by atoms with Crippen molar-refractivity contribution in [3.63, 3.8) is 0 Å². The highest BCUT2D eigenvalue weighted by atomic mass is 32.1. The molecule has 0 aliphatic rings. The van der Waals surface area contributed by atoms with E-state index in [0.717, 1.165) is 16.1 Å². The molecule has 0 fully saturated rings. The molecule has 2 aromatic rings. The Kier molecular flexibility index (Phi) is 5.15. The standard InChI is InChI=1S/C17H17NO2S/c1-13-6-5-7-14(12-13)18(2)17(20)16-10-9-15(21-16)8-3-4-11-19/h5-7,9-10,12,19H,4,11H2,1-2H3. The summed E-state index contributed by atoms with van der Waals surface area (Å²) in [6.07, 6.45) is 0.449. The highest BCUT2D eigenvalue weighted by molar-refractivity contribution is 7.14. The number of hydrogen-bond donors (Lipinski definition) is 1. The van der Waals surface area contributed by atoms with Gasteiger partial charge >= 0.3 is 0 Å². The molecule has 1 aromatic heterocycles. The molecule has 0 aliphatic heterocycles. The molecule has 0 radical (unpaired) electrons. The predicted molar refractivity (Wildman–Crippen MR) is 86.8 cm³/mol. The molecule has 1 N–H and O–H groups in total. The third kappa shape index (κ3) is 3.94. The Morgan fingerprint density at radius 3 is 2.86 bits per heavy atom.